The highest BCUT2D eigenvalue weighted by Crippen LogP contribution is 2.27. The third kappa shape index (κ3) is 9.35. The summed E-state index contributed by atoms with van der Waals surface area (Å²) in [7, 11) is 1.99. The summed E-state index contributed by atoms with van der Waals surface area (Å²) in [5.41, 5.74) is 4.06. The van der Waals surface area contributed by atoms with Crippen molar-refractivity contribution in [3.05, 3.63) is 106 Å². The number of carbonyl (C=O) groups excluding carboxylic acids is 1. The zero-order valence-electron chi connectivity index (χ0n) is 28.9. The second-order valence-electron chi connectivity index (χ2n) is 12.7. The van der Waals surface area contributed by atoms with E-state index in [4.69, 9.17) is 4.74 Å². The van der Waals surface area contributed by atoms with Gasteiger partial charge in [-0.1, -0.05) is 19.1 Å². The second-order valence-corrected chi connectivity index (χ2v) is 12.7. The molecule has 262 valence electrons. The number of ether oxygens (including phenoxy) is 1. The van der Waals surface area contributed by atoms with E-state index in [1.807, 2.05) is 40.8 Å². The van der Waals surface area contributed by atoms with E-state index in [0.717, 1.165) is 22.6 Å². The number of aliphatic imine (C=N–C) groups is 2. The summed E-state index contributed by atoms with van der Waals surface area (Å²) in [6.07, 6.45) is 8.30. The summed E-state index contributed by atoms with van der Waals surface area (Å²) in [6.45, 7) is 8.45. The lowest BCUT2D eigenvalue weighted by atomic mass is 9.98. The number of quaternary nitrogens is 1. The van der Waals surface area contributed by atoms with Gasteiger partial charge in [-0.3, -0.25) is 9.78 Å². The number of nitrogens with one attached hydrogen (secondary N) is 4. The molecule has 2 aromatic heterocycles. The van der Waals surface area contributed by atoms with Gasteiger partial charge in [0.1, 0.15) is 36.7 Å². The van der Waals surface area contributed by atoms with Gasteiger partial charge >= 0.3 is 5.82 Å². The lowest BCUT2D eigenvalue weighted by molar-refractivity contribution is -0.899. The Kier molecular flexibility index (Phi) is 11.6. The summed E-state index contributed by atoms with van der Waals surface area (Å²) >= 11 is 0. The van der Waals surface area contributed by atoms with Crippen LogP contribution < -0.4 is 25.6 Å². The van der Waals surface area contributed by atoms with Gasteiger partial charge in [-0.15, -0.1) is 0 Å². The Balaban J connectivity index is 1.18. The van der Waals surface area contributed by atoms with Crippen molar-refractivity contribution in [3.8, 4) is 5.75 Å². The van der Waals surface area contributed by atoms with Crippen LogP contribution in [0.25, 0.3) is 0 Å². The monoisotopic (exact) mass is 684 g/mol. The predicted molar refractivity (Wildman–Crippen MR) is 192 cm³/mol. The molecule has 50 heavy (non-hydrogen) atoms. The van der Waals surface area contributed by atoms with Crippen LogP contribution in [0.2, 0.25) is 0 Å². The van der Waals surface area contributed by atoms with Gasteiger partial charge in [0, 0.05) is 35.9 Å². The van der Waals surface area contributed by atoms with Crippen molar-refractivity contribution in [2.24, 2.45) is 15.9 Å². The maximum atomic E-state index is 14.9. The molecule has 0 aliphatic carbocycles. The Morgan fingerprint density at radius 1 is 1.24 bits per heavy atom. The van der Waals surface area contributed by atoms with Crippen molar-refractivity contribution >= 4 is 34.6 Å². The summed E-state index contributed by atoms with van der Waals surface area (Å²) in [5.74, 6) is 0.191. The molecular formula is C36H43FN9O4+. The van der Waals surface area contributed by atoms with Gasteiger partial charge < -0.3 is 35.7 Å². The van der Waals surface area contributed by atoms with Crippen LogP contribution in [0.4, 0.5) is 21.6 Å². The number of anilines is 3. The molecule has 0 spiro atoms. The van der Waals surface area contributed by atoms with Crippen molar-refractivity contribution < 1.29 is 23.7 Å². The number of nitrogens with zero attached hydrogens (tertiary/aromatic N) is 5. The van der Waals surface area contributed by atoms with Crippen molar-refractivity contribution in [3.63, 3.8) is 0 Å². The fourth-order valence-corrected chi connectivity index (χ4v) is 5.59. The predicted octanol–water partition coefficient (Wildman–Crippen LogP) is 4.99. The Bertz CT molecular complexity index is 1840. The highest BCUT2D eigenvalue weighted by molar-refractivity contribution is 6.13. The first-order valence-corrected chi connectivity index (χ1v) is 16.6. The molecule has 4 unspecified atom stereocenters. The topological polar surface area (TPSA) is 160 Å². The number of likely N-dealkylation sites (N-methyl/N-ethyl adjacent to an activating group) is 1. The van der Waals surface area contributed by atoms with Crippen molar-refractivity contribution in [2.75, 3.05) is 29.5 Å². The number of hydrogen-bond acceptors (Lipinski definition) is 10. The fraction of sp³-hybridized carbons (Fsp3) is 0.361. The first-order chi connectivity index (χ1) is 24.0. The van der Waals surface area contributed by atoms with Crippen molar-refractivity contribution in [2.45, 2.75) is 65.8 Å². The minimum atomic E-state index is -0.535. The molecule has 5 rings (SSSR count). The maximum Gasteiger partial charge on any atom is 0.368 e. The SMILES string of the molecule is CC1=NC([N+](=O)[O-])=C(C[NH+](C)C(C)CC=CC(=O)Nc2cc3c(cn2)NC(C)N=C3Nc2ccc(OCc3ccccn3)c(F)c2)CCC1C. The Morgan fingerprint density at radius 3 is 2.80 bits per heavy atom. The smallest absolute Gasteiger partial charge is 0.368 e. The highest BCUT2D eigenvalue weighted by atomic mass is 19.1. The number of rotatable bonds is 12. The van der Waals surface area contributed by atoms with Crippen LogP contribution in [0.3, 0.4) is 0 Å². The third-order valence-electron chi connectivity index (χ3n) is 8.85. The first kappa shape index (κ1) is 35.8. The van der Waals surface area contributed by atoms with Gasteiger partial charge in [-0.2, -0.15) is 0 Å². The number of aromatic nitrogens is 2. The van der Waals surface area contributed by atoms with Crippen LogP contribution in [-0.2, 0) is 11.4 Å². The van der Waals surface area contributed by atoms with E-state index < -0.39 is 5.82 Å². The van der Waals surface area contributed by atoms with Gasteiger partial charge in [0.2, 0.25) is 5.91 Å². The highest BCUT2D eigenvalue weighted by Gasteiger charge is 2.28. The average Bonchev–Trinajstić information content (AvgIpc) is 3.22. The molecule has 4 heterocycles. The van der Waals surface area contributed by atoms with Crippen LogP contribution >= 0.6 is 0 Å². The molecule has 0 saturated carbocycles. The van der Waals surface area contributed by atoms with E-state index in [0.29, 0.717) is 53.7 Å². The number of amides is 1. The zero-order valence-corrected chi connectivity index (χ0v) is 28.9. The quantitative estimate of drug-likeness (QED) is 0.118. The molecule has 2 aliphatic heterocycles. The molecule has 1 aromatic carbocycles. The lowest BCUT2D eigenvalue weighted by Gasteiger charge is -2.24. The van der Waals surface area contributed by atoms with E-state index in [9.17, 15) is 19.3 Å². The molecule has 2 aliphatic rings. The number of nitro groups is 1. The normalized spacial score (nSPS) is 18.6. The van der Waals surface area contributed by atoms with Crippen molar-refractivity contribution in [1.29, 1.82) is 0 Å². The molecule has 4 N–H and O–H groups in total. The van der Waals surface area contributed by atoms with Crippen LogP contribution in [0.15, 0.2) is 88.4 Å². The molecule has 1 amide bonds. The number of carbonyl (C=O) groups is 1. The van der Waals surface area contributed by atoms with Gasteiger partial charge in [-0.25, -0.2) is 14.4 Å². The standard InChI is InChI=1S/C36H42FN9O4/c1-22-12-13-26(36(46(48)49)40-24(22)3)20-45(5)23(2)9-8-11-34(47)44-33-18-29-31(19-39-33)41-25(4)42-35(29)43-27-14-15-32(30(37)17-27)50-21-28-10-6-7-16-38-28/h6-8,10-11,14-19,22-23,25,41H,9,12-13,20-21H2,1-5H3,(H,42,43)(H,39,44,47)/p+1. The number of halogens is 1. The molecule has 14 heteroatoms. The Hall–Kier alpha value is -5.50. The van der Waals surface area contributed by atoms with Crippen LogP contribution in [0.5, 0.6) is 5.75 Å². The molecule has 4 atom stereocenters. The summed E-state index contributed by atoms with van der Waals surface area (Å²) in [6, 6.07) is 11.8. The molecule has 0 saturated heterocycles. The van der Waals surface area contributed by atoms with Crippen LogP contribution in [0, 0.1) is 21.8 Å². The number of pyridine rings is 2. The average molecular weight is 685 g/mol. The Labute approximate surface area is 290 Å². The van der Waals surface area contributed by atoms with Gasteiger partial charge in [0.25, 0.3) is 0 Å². The minimum Gasteiger partial charge on any atom is -0.484 e. The summed E-state index contributed by atoms with van der Waals surface area (Å²) < 4.78 is 20.5. The van der Waals surface area contributed by atoms with Crippen LogP contribution in [-0.4, -0.2) is 58.1 Å². The molecule has 3 aromatic rings. The zero-order chi connectivity index (χ0) is 35.8. The first-order valence-electron chi connectivity index (χ1n) is 16.6. The van der Waals surface area contributed by atoms with E-state index >= 15 is 0 Å². The van der Waals surface area contributed by atoms with E-state index in [-0.39, 0.29) is 47.1 Å². The van der Waals surface area contributed by atoms with Gasteiger partial charge in [0.15, 0.2) is 11.6 Å². The number of hydrogen-bond donors (Lipinski definition) is 4. The largest absolute Gasteiger partial charge is 0.484 e. The van der Waals surface area contributed by atoms with Crippen molar-refractivity contribution in [1.82, 2.24) is 9.97 Å². The number of benzene rings is 1. The van der Waals surface area contributed by atoms with Gasteiger partial charge in [0.05, 0.1) is 36.2 Å². The number of fused-ring (bicyclic) bond motifs is 1. The summed E-state index contributed by atoms with van der Waals surface area (Å²) in [4.78, 5) is 42.8. The van der Waals surface area contributed by atoms with Crippen LogP contribution in [0.1, 0.15) is 58.2 Å². The van der Waals surface area contributed by atoms with E-state index in [2.05, 4.69) is 35.9 Å². The third-order valence-corrected chi connectivity index (χ3v) is 8.85. The molecule has 0 bridgehead atoms. The summed E-state index contributed by atoms with van der Waals surface area (Å²) in [5, 5.41) is 21.0. The van der Waals surface area contributed by atoms with E-state index in [1.165, 1.54) is 12.1 Å². The minimum absolute atomic E-state index is 0.0360. The fourth-order valence-electron chi connectivity index (χ4n) is 5.59. The second kappa shape index (κ2) is 16.3. The number of amidine groups is 1. The lowest BCUT2D eigenvalue weighted by Crippen LogP contribution is -3.12. The molecule has 0 radical (unpaired) electrons. The van der Waals surface area contributed by atoms with Gasteiger partial charge in [-0.05, 0) is 79.9 Å². The molecular weight excluding hydrogens is 641 g/mol. The maximum absolute atomic E-state index is 14.9. The van der Waals surface area contributed by atoms with E-state index in [1.54, 1.807) is 48.8 Å². The Morgan fingerprint density at radius 2 is 2.06 bits per heavy atom. The molecule has 0 fully saturated rings. The molecule has 13 nitrogen and oxygen atoms in total.